The topological polar surface area (TPSA) is 59.4 Å². The smallest absolute Gasteiger partial charge is 0.309 e. The van der Waals surface area contributed by atoms with Gasteiger partial charge in [0.1, 0.15) is 5.75 Å². The predicted molar refractivity (Wildman–Crippen MR) is 51.8 cm³/mol. The number of hydrogen-bond acceptors (Lipinski definition) is 3. The Kier molecular flexibility index (Phi) is 3.76. The summed E-state index contributed by atoms with van der Waals surface area (Å²) >= 11 is 0. The van der Waals surface area contributed by atoms with Crippen molar-refractivity contribution in [3.8, 4) is 5.75 Å². The van der Waals surface area contributed by atoms with Gasteiger partial charge >= 0.3 is 5.97 Å². The molecule has 6 heteroatoms. The molecule has 88 valence electrons. The number of aromatic nitrogens is 1. The summed E-state index contributed by atoms with van der Waals surface area (Å²) in [6.07, 6.45) is -1.98. The molecule has 1 aromatic heterocycles. The van der Waals surface area contributed by atoms with E-state index in [0.717, 1.165) is 6.20 Å². The zero-order valence-electron chi connectivity index (χ0n) is 8.83. The molecule has 16 heavy (non-hydrogen) atoms. The first kappa shape index (κ1) is 12.4. The Bertz CT molecular complexity index is 407. The van der Waals surface area contributed by atoms with E-state index in [1.165, 1.54) is 14.0 Å². The van der Waals surface area contributed by atoms with Gasteiger partial charge in [0.05, 0.1) is 31.0 Å². The lowest BCUT2D eigenvalue weighted by Crippen LogP contribution is -2.08. The molecule has 0 bridgehead atoms. The highest BCUT2D eigenvalue weighted by Gasteiger charge is 2.20. The van der Waals surface area contributed by atoms with Crippen molar-refractivity contribution in [1.29, 1.82) is 0 Å². The maximum Gasteiger partial charge on any atom is 0.309 e. The highest BCUT2D eigenvalue weighted by molar-refractivity contribution is 5.70. The number of nitrogens with zero attached hydrogens (tertiary/aromatic N) is 1. The molecule has 0 saturated heterocycles. The molecule has 0 radical (unpaired) electrons. The van der Waals surface area contributed by atoms with Crippen molar-refractivity contribution in [2.75, 3.05) is 7.11 Å². The lowest BCUT2D eigenvalue weighted by atomic mass is 10.1. The van der Waals surface area contributed by atoms with Crippen molar-refractivity contribution in [3.05, 3.63) is 23.0 Å². The van der Waals surface area contributed by atoms with Crippen molar-refractivity contribution in [1.82, 2.24) is 4.98 Å². The number of methoxy groups -OCH3 is 1. The van der Waals surface area contributed by atoms with Crippen LogP contribution in [0.25, 0.3) is 0 Å². The van der Waals surface area contributed by atoms with E-state index in [2.05, 4.69) is 4.98 Å². The largest absolute Gasteiger partial charge is 0.495 e. The number of rotatable bonds is 4. The Labute approximate surface area is 90.9 Å². The van der Waals surface area contributed by atoms with E-state index in [4.69, 9.17) is 9.84 Å². The van der Waals surface area contributed by atoms with Gasteiger partial charge in [0.25, 0.3) is 6.43 Å². The number of carboxylic acid groups (broad SMARTS) is 1. The number of alkyl halides is 2. The summed E-state index contributed by atoms with van der Waals surface area (Å²) < 4.78 is 30.2. The fourth-order valence-corrected chi connectivity index (χ4v) is 1.40. The van der Waals surface area contributed by atoms with Gasteiger partial charge in [-0.3, -0.25) is 9.78 Å². The van der Waals surface area contributed by atoms with E-state index >= 15 is 0 Å². The molecule has 0 fully saturated rings. The van der Waals surface area contributed by atoms with Crippen molar-refractivity contribution < 1.29 is 23.4 Å². The summed E-state index contributed by atoms with van der Waals surface area (Å²) in [6, 6.07) is 0. The van der Waals surface area contributed by atoms with Gasteiger partial charge in [0.2, 0.25) is 0 Å². The average Bonchev–Trinajstić information content (AvgIpc) is 2.19. The van der Waals surface area contributed by atoms with E-state index < -0.39 is 12.4 Å². The van der Waals surface area contributed by atoms with Crippen LogP contribution in [0.2, 0.25) is 0 Å². The molecule has 4 nitrogen and oxygen atoms in total. The van der Waals surface area contributed by atoms with Crippen molar-refractivity contribution in [2.45, 2.75) is 19.8 Å². The molecule has 0 aliphatic heterocycles. The minimum atomic E-state index is -2.72. The zero-order valence-corrected chi connectivity index (χ0v) is 8.83. The summed E-state index contributed by atoms with van der Waals surface area (Å²) in [5.41, 5.74) is -0.00546. The van der Waals surface area contributed by atoms with E-state index in [1.807, 2.05) is 0 Å². The highest BCUT2D eigenvalue weighted by atomic mass is 19.3. The molecule has 0 aliphatic carbocycles. The van der Waals surface area contributed by atoms with Gasteiger partial charge in [-0.05, 0) is 12.5 Å². The minimum absolute atomic E-state index is 0.0263. The van der Waals surface area contributed by atoms with Gasteiger partial charge in [-0.2, -0.15) is 0 Å². The Hall–Kier alpha value is -1.72. The van der Waals surface area contributed by atoms with Crippen molar-refractivity contribution >= 4 is 5.97 Å². The lowest BCUT2D eigenvalue weighted by Gasteiger charge is -2.12. The molecule has 1 heterocycles. The van der Waals surface area contributed by atoms with Gasteiger partial charge in [-0.1, -0.05) is 0 Å². The Morgan fingerprint density at radius 3 is 2.69 bits per heavy atom. The molecular weight excluding hydrogens is 220 g/mol. The van der Waals surface area contributed by atoms with Gasteiger partial charge in [-0.25, -0.2) is 8.78 Å². The van der Waals surface area contributed by atoms with Crippen molar-refractivity contribution in [3.63, 3.8) is 0 Å². The first-order valence-corrected chi connectivity index (χ1v) is 4.49. The molecule has 0 unspecified atom stereocenters. The number of carbonyl (C=O) groups is 1. The molecule has 0 spiro atoms. The molecule has 0 amide bonds. The van der Waals surface area contributed by atoms with Gasteiger partial charge in [0, 0.05) is 0 Å². The summed E-state index contributed by atoms with van der Waals surface area (Å²) in [6.45, 7) is 1.41. The summed E-state index contributed by atoms with van der Waals surface area (Å²) in [5, 5.41) is 8.59. The maximum atomic E-state index is 12.7. The third kappa shape index (κ3) is 2.44. The van der Waals surface area contributed by atoms with Crippen molar-refractivity contribution in [2.24, 2.45) is 0 Å². The van der Waals surface area contributed by atoms with E-state index in [1.54, 1.807) is 0 Å². The first-order chi connectivity index (χ1) is 7.47. The van der Waals surface area contributed by atoms with Gasteiger partial charge < -0.3 is 9.84 Å². The number of halogens is 2. The molecular formula is C10H11F2NO3. The van der Waals surface area contributed by atoms with Crippen LogP contribution in [0, 0.1) is 6.92 Å². The molecule has 0 atom stereocenters. The molecule has 0 saturated carbocycles. The van der Waals surface area contributed by atoms with Gasteiger partial charge in [0.15, 0.2) is 0 Å². The number of hydrogen-bond donors (Lipinski definition) is 1. The van der Waals surface area contributed by atoms with Crippen LogP contribution in [0.15, 0.2) is 6.20 Å². The van der Waals surface area contributed by atoms with Crippen LogP contribution < -0.4 is 4.74 Å². The second kappa shape index (κ2) is 4.87. The fraction of sp³-hybridized carbons (Fsp3) is 0.400. The number of pyridine rings is 1. The van der Waals surface area contributed by atoms with E-state index in [0.29, 0.717) is 0 Å². The third-order valence-corrected chi connectivity index (χ3v) is 2.20. The molecule has 1 aromatic rings. The number of ether oxygens (including phenoxy) is 1. The fourth-order valence-electron chi connectivity index (χ4n) is 1.40. The van der Waals surface area contributed by atoms with Crippen LogP contribution in [0.4, 0.5) is 8.78 Å². The third-order valence-electron chi connectivity index (χ3n) is 2.20. The number of aliphatic carboxylic acids is 1. The van der Waals surface area contributed by atoms with Crippen LogP contribution >= 0.6 is 0 Å². The standard InChI is InChI=1S/C10H11F2NO3/c1-5-6(3-8(14)15)13-4-7(16-2)9(5)10(11)12/h4,10H,3H2,1-2H3,(H,14,15). The molecule has 1 rings (SSSR count). The molecule has 0 aliphatic rings. The summed E-state index contributed by atoms with van der Waals surface area (Å²) in [7, 11) is 1.26. The lowest BCUT2D eigenvalue weighted by molar-refractivity contribution is -0.136. The quantitative estimate of drug-likeness (QED) is 0.860. The van der Waals surface area contributed by atoms with Crippen LogP contribution in [0.5, 0.6) is 5.75 Å². The number of carboxylic acids is 1. The second-order valence-electron chi connectivity index (χ2n) is 3.18. The van der Waals surface area contributed by atoms with E-state index in [-0.39, 0.29) is 29.0 Å². The zero-order chi connectivity index (χ0) is 12.3. The van der Waals surface area contributed by atoms with Gasteiger partial charge in [-0.15, -0.1) is 0 Å². The average molecular weight is 231 g/mol. The van der Waals surface area contributed by atoms with E-state index in [9.17, 15) is 13.6 Å². The van der Waals surface area contributed by atoms with Crippen LogP contribution in [-0.4, -0.2) is 23.2 Å². The SMILES string of the molecule is COc1cnc(CC(=O)O)c(C)c1C(F)F. The molecule has 1 N–H and O–H groups in total. The first-order valence-electron chi connectivity index (χ1n) is 4.49. The monoisotopic (exact) mass is 231 g/mol. The van der Waals surface area contributed by atoms with Crippen LogP contribution in [0.3, 0.4) is 0 Å². The Balaban J connectivity index is 3.26. The second-order valence-corrected chi connectivity index (χ2v) is 3.18. The normalized spacial score (nSPS) is 10.6. The Morgan fingerprint density at radius 2 is 2.25 bits per heavy atom. The summed E-state index contributed by atoms with van der Waals surface area (Å²) in [5.74, 6) is -1.14. The van der Waals surface area contributed by atoms with Crippen LogP contribution in [-0.2, 0) is 11.2 Å². The predicted octanol–water partition coefficient (Wildman–Crippen LogP) is 1.96. The minimum Gasteiger partial charge on any atom is -0.495 e. The highest BCUT2D eigenvalue weighted by Crippen LogP contribution is 2.32. The Morgan fingerprint density at radius 1 is 1.62 bits per heavy atom. The maximum absolute atomic E-state index is 12.7. The summed E-state index contributed by atoms with van der Waals surface area (Å²) in [4.78, 5) is 14.3. The van der Waals surface area contributed by atoms with Crippen LogP contribution in [0.1, 0.15) is 23.2 Å². The molecule has 0 aromatic carbocycles.